The van der Waals surface area contributed by atoms with Crippen LogP contribution in [0.2, 0.25) is 0 Å². The first kappa shape index (κ1) is 14.3. The van der Waals surface area contributed by atoms with Crippen molar-refractivity contribution < 1.29 is 9.53 Å². The largest absolute Gasteiger partial charge is 0.497 e. The second-order valence-electron chi connectivity index (χ2n) is 3.98. The molecule has 0 saturated carbocycles. The summed E-state index contributed by atoms with van der Waals surface area (Å²) < 4.78 is 6.03. The van der Waals surface area contributed by atoms with E-state index in [1.54, 1.807) is 37.6 Å². The SMILES string of the molecule is COc1ccc(C(=O)N/N=C/c2ccc(Br)cc2)cc1. The van der Waals surface area contributed by atoms with Crippen molar-refractivity contribution >= 4 is 28.1 Å². The van der Waals surface area contributed by atoms with Gasteiger partial charge in [-0.25, -0.2) is 5.43 Å². The van der Waals surface area contributed by atoms with E-state index < -0.39 is 0 Å². The maximum Gasteiger partial charge on any atom is 0.271 e. The van der Waals surface area contributed by atoms with Crippen molar-refractivity contribution in [1.29, 1.82) is 0 Å². The van der Waals surface area contributed by atoms with Crippen molar-refractivity contribution in [2.24, 2.45) is 5.10 Å². The summed E-state index contributed by atoms with van der Waals surface area (Å²) in [4.78, 5) is 11.8. The van der Waals surface area contributed by atoms with E-state index in [0.29, 0.717) is 11.3 Å². The molecule has 5 heteroatoms. The Morgan fingerprint density at radius 2 is 1.80 bits per heavy atom. The third kappa shape index (κ3) is 3.93. The molecule has 2 aromatic rings. The zero-order valence-corrected chi connectivity index (χ0v) is 12.4. The van der Waals surface area contributed by atoms with Gasteiger partial charge in [0.05, 0.1) is 13.3 Å². The van der Waals surface area contributed by atoms with E-state index in [0.717, 1.165) is 10.0 Å². The molecule has 1 amide bonds. The van der Waals surface area contributed by atoms with Gasteiger partial charge in [0.15, 0.2) is 0 Å². The number of hydrogen-bond acceptors (Lipinski definition) is 3. The van der Waals surface area contributed by atoms with Crippen LogP contribution in [0.15, 0.2) is 58.1 Å². The van der Waals surface area contributed by atoms with Crippen LogP contribution in [0.25, 0.3) is 0 Å². The van der Waals surface area contributed by atoms with Crippen LogP contribution in [0.4, 0.5) is 0 Å². The van der Waals surface area contributed by atoms with Crippen molar-refractivity contribution in [3.05, 3.63) is 64.1 Å². The first-order valence-electron chi connectivity index (χ1n) is 5.92. The Morgan fingerprint density at radius 1 is 1.15 bits per heavy atom. The van der Waals surface area contributed by atoms with Gasteiger partial charge in [0.2, 0.25) is 0 Å². The lowest BCUT2D eigenvalue weighted by molar-refractivity contribution is 0.0955. The molecule has 0 fully saturated rings. The molecule has 102 valence electrons. The van der Waals surface area contributed by atoms with Gasteiger partial charge in [-0.3, -0.25) is 4.79 Å². The maximum absolute atomic E-state index is 11.8. The minimum atomic E-state index is -0.263. The van der Waals surface area contributed by atoms with E-state index in [1.807, 2.05) is 24.3 Å². The minimum Gasteiger partial charge on any atom is -0.497 e. The number of benzene rings is 2. The summed E-state index contributed by atoms with van der Waals surface area (Å²) in [5.74, 6) is 0.445. The molecule has 0 atom stereocenters. The number of carbonyl (C=O) groups is 1. The van der Waals surface area contributed by atoms with Crippen molar-refractivity contribution in [2.75, 3.05) is 7.11 Å². The number of carbonyl (C=O) groups excluding carboxylic acids is 1. The topological polar surface area (TPSA) is 50.7 Å². The zero-order chi connectivity index (χ0) is 14.4. The molecule has 0 aliphatic heterocycles. The number of halogens is 1. The number of ether oxygens (including phenoxy) is 1. The Balaban J connectivity index is 1.95. The molecular formula is C15H13BrN2O2. The summed E-state index contributed by atoms with van der Waals surface area (Å²) >= 11 is 3.35. The zero-order valence-electron chi connectivity index (χ0n) is 10.8. The van der Waals surface area contributed by atoms with Gasteiger partial charge in [-0.15, -0.1) is 0 Å². The summed E-state index contributed by atoms with van der Waals surface area (Å²) in [5, 5.41) is 3.92. The van der Waals surface area contributed by atoms with Gasteiger partial charge >= 0.3 is 0 Å². The van der Waals surface area contributed by atoms with Crippen LogP contribution in [0.5, 0.6) is 5.75 Å². The summed E-state index contributed by atoms with van der Waals surface area (Å²) in [6.07, 6.45) is 1.59. The van der Waals surface area contributed by atoms with Crippen LogP contribution in [-0.2, 0) is 0 Å². The monoisotopic (exact) mass is 332 g/mol. The minimum absolute atomic E-state index is 0.263. The summed E-state index contributed by atoms with van der Waals surface area (Å²) in [5.41, 5.74) is 3.91. The first-order chi connectivity index (χ1) is 9.69. The predicted molar refractivity (Wildman–Crippen MR) is 82.2 cm³/mol. The van der Waals surface area contributed by atoms with Gasteiger partial charge in [-0.2, -0.15) is 5.10 Å². The summed E-state index contributed by atoms with van der Waals surface area (Å²) in [7, 11) is 1.58. The maximum atomic E-state index is 11.8. The second-order valence-corrected chi connectivity index (χ2v) is 4.89. The van der Waals surface area contributed by atoms with Crippen LogP contribution in [-0.4, -0.2) is 19.2 Å². The van der Waals surface area contributed by atoms with E-state index in [-0.39, 0.29) is 5.91 Å². The Labute approximate surface area is 125 Å². The van der Waals surface area contributed by atoms with E-state index in [4.69, 9.17) is 4.74 Å². The van der Waals surface area contributed by atoms with Crippen molar-refractivity contribution in [3.8, 4) is 5.75 Å². The number of amides is 1. The quantitative estimate of drug-likeness (QED) is 0.690. The molecule has 0 spiro atoms. The highest BCUT2D eigenvalue weighted by atomic mass is 79.9. The number of rotatable bonds is 4. The van der Waals surface area contributed by atoms with Gasteiger partial charge in [0.1, 0.15) is 5.75 Å². The molecule has 2 rings (SSSR count). The molecule has 20 heavy (non-hydrogen) atoms. The van der Waals surface area contributed by atoms with Crippen LogP contribution < -0.4 is 10.2 Å². The number of nitrogens with zero attached hydrogens (tertiary/aromatic N) is 1. The van der Waals surface area contributed by atoms with E-state index >= 15 is 0 Å². The Bertz CT molecular complexity index is 607. The van der Waals surface area contributed by atoms with Gasteiger partial charge in [-0.1, -0.05) is 28.1 Å². The Morgan fingerprint density at radius 3 is 2.40 bits per heavy atom. The standard InChI is InChI=1S/C15H13BrN2O2/c1-20-14-8-4-12(5-9-14)15(19)18-17-10-11-2-6-13(16)7-3-11/h2-10H,1H3,(H,18,19)/b17-10+. The average Bonchev–Trinajstić information content (AvgIpc) is 2.49. The average molecular weight is 333 g/mol. The molecule has 0 radical (unpaired) electrons. The predicted octanol–water partition coefficient (Wildman–Crippen LogP) is 3.22. The fraction of sp³-hybridized carbons (Fsp3) is 0.0667. The molecule has 0 heterocycles. The van der Waals surface area contributed by atoms with Gasteiger partial charge in [0, 0.05) is 10.0 Å². The van der Waals surface area contributed by atoms with E-state index in [2.05, 4.69) is 26.5 Å². The molecular weight excluding hydrogens is 320 g/mol. The second kappa shape index (κ2) is 6.86. The van der Waals surface area contributed by atoms with Crippen molar-refractivity contribution in [1.82, 2.24) is 5.43 Å². The van der Waals surface area contributed by atoms with Crippen LogP contribution in [0.3, 0.4) is 0 Å². The van der Waals surface area contributed by atoms with Crippen molar-refractivity contribution in [2.45, 2.75) is 0 Å². The van der Waals surface area contributed by atoms with Crippen LogP contribution >= 0.6 is 15.9 Å². The Hall–Kier alpha value is -2.14. The molecule has 1 N–H and O–H groups in total. The number of nitrogens with one attached hydrogen (secondary N) is 1. The molecule has 0 aliphatic carbocycles. The first-order valence-corrected chi connectivity index (χ1v) is 6.71. The van der Waals surface area contributed by atoms with E-state index in [1.165, 1.54) is 0 Å². The molecule has 0 aromatic heterocycles. The Kier molecular flexibility index (Phi) is 4.90. The molecule has 0 unspecified atom stereocenters. The van der Waals surface area contributed by atoms with Gasteiger partial charge in [-0.05, 0) is 42.0 Å². The lowest BCUT2D eigenvalue weighted by Crippen LogP contribution is -2.17. The molecule has 0 bridgehead atoms. The third-order valence-electron chi connectivity index (χ3n) is 2.60. The third-order valence-corrected chi connectivity index (χ3v) is 3.13. The van der Waals surface area contributed by atoms with Crippen LogP contribution in [0.1, 0.15) is 15.9 Å². The normalized spacial score (nSPS) is 10.5. The number of hydrogen-bond donors (Lipinski definition) is 1. The van der Waals surface area contributed by atoms with E-state index in [9.17, 15) is 4.79 Å². The fourth-order valence-corrected chi connectivity index (χ4v) is 1.79. The van der Waals surface area contributed by atoms with Gasteiger partial charge in [0.25, 0.3) is 5.91 Å². The highest BCUT2D eigenvalue weighted by Crippen LogP contribution is 2.11. The summed E-state index contributed by atoms with van der Waals surface area (Å²) in [6.45, 7) is 0. The lowest BCUT2D eigenvalue weighted by atomic mass is 10.2. The highest BCUT2D eigenvalue weighted by Gasteiger charge is 2.03. The van der Waals surface area contributed by atoms with Gasteiger partial charge < -0.3 is 4.74 Å². The fourth-order valence-electron chi connectivity index (χ4n) is 1.52. The summed E-state index contributed by atoms with van der Waals surface area (Å²) in [6, 6.07) is 14.4. The number of hydrazone groups is 1. The molecule has 4 nitrogen and oxygen atoms in total. The lowest BCUT2D eigenvalue weighted by Gasteiger charge is -2.02. The smallest absolute Gasteiger partial charge is 0.271 e. The number of methoxy groups -OCH3 is 1. The molecule has 0 aliphatic rings. The highest BCUT2D eigenvalue weighted by molar-refractivity contribution is 9.10. The van der Waals surface area contributed by atoms with Crippen molar-refractivity contribution in [3.63, 3.8) is 0 Å². The molecule has 0 saturated heterocycles. The molecule has 2 aromatic carbocycles. The van der Waals surface area contributed by atoms with Crippen LogP contribution in [0, 0.1) is 0 Å².